The molecular weight excluding hydrogens is 473 g/mol. The summed E-state index contributed by atoms with van der Waals surface area (Å²) in [5, 5.41) is 10.1. The van der Waals surface area contributed by atoms with E-state index < -0.39 is 39.5 Å². The number of amides is 1. The summed E-state index contributed by atoms with van der Waals surface area (Å²) in [5.74, 6) is -1.87. The zero-order valence-electron chi connectivity index (χ0n) is 17.7. The maximum absolute atomic E-state index is 12.6. The molecule has 0 aliphatic rings. The molecule has 3 aromatic rings. The molecule has 2 aromatic carbocycles. The summed E-state index contributed by atoms with van der Waals surface area (Å²) in [4.78, 5) is 16.4. The quantitative estimate of drug-likeness (QED) is 0.471. The Morgan fingerprint density at radius 3 is 2.26 bits per heavy atom. The Bertz CT molecular complexity index is 1200. The number of nitrogens with zero attached hydrogens (tertiary/aromatic N) is 1. The van der Waals surface area contributed by atoms with Crippen molar-refractivity contribution in [3.8, 4) is 0 Å². The van der Waals surface area contributed by atoms with Crippen molar-refractivity contribution in [1.29, 1.82) is 0 Å². The summed E-state index contributed by atoms with van der Waals surface area (Å²) in [5.41, 5.74) is 0.531. The van der Waals surface area contributed by atoms with Gasteiger partial charge in [-0.1, -0.05) is 42.5 Å². The van der Waals surface area contributed by atoms with E-state index in [9.17, 15) is 31.5 Å². The first kappa shape index (κ1) is 25.3. The van der Waals surface area contributed by atoms with Crippen molar-refractivity contribution in [2.75, 3.05) is 5.75 Å². The van der Waals surface area contributed by atoms with Gasteiger partial charge in [-0.05, 0) is 35.4 Å². The van der Waals surface area contributed by atoms with Gasteiger partial charge >= 0.3 is 6.18 Å². The maximum Gasteiger partial charge on any atom is 0.416 e. The number of carbonyl (C=O) groups is 1. The fourth-order valence-corrected chi connectivity index (χ4v) is 4.02. The highest BCUT2D eigenvalue weighted by Crippen LogP contribution is 2.30. The van der Waals surface area contributed by atoms with Gasteiger partial charge < -0.3 is 9.84 Å². The summed E-state index contributed by atoms with van der Waals surface area (Å²) >= 11 is 0. The third kappa shape index (κ3) is 7.37. The Morgan fingerprint density at radius 1 is 1.00 bits per heavy atom. The Kier molecular flexibility index (Phi) is 8.02. The van der Waals surface area contributed by atoms with E-state index in [-0.39, 0.29) is 17.7 Å². The number of benzene rings is 2. The van der Waals surface area contributed by atoms with Gasteiger partial charge in [-0.15, -0.1) is 0 Å². The van der Waals surface area contributed by atoms with E-state index in [2.05, 4.69) is 4.98 Å². The topological polar surface area (TPSA) is 106 Å². The Balaban J connectivity index is 1.53. The van der Waals surface area contributed by atoms with Gasteiger partial charge in [-0.25, -0.2) is 13.1 Å². The fourth-order valence-electron chi connectivity index (χ4n) is 2.93. The van der Waals surface area contributed by atoms with Gasteiger partial charge in [0.1, 0.15) is 0 Å². The number of carbonyl (C=O) groups excluding carboxylic acids is 1. The fraction of sp³-hybridized carbons (Fsp3) is 0.217. The molecule has 3 rings (SSSR count). The minimum atomic E-state index is -4.55. The van der Waals surface area contributed by atoms with E-state index in [1.807, 2.05) is 35.1 Å². The average Bonchev–Trinajstić information content (AvgIpc) is 2.79. The molecule has 0 saturated carbocycles. The number of hydrogen-bond donors (Lipinski definition) is 2. The Labute approximate surface area is 194 Å². The van der Waals surface area contributed by atoms with Crippen LogP contribution in [0.15, 0.2) is 72.9 Å². The van der Waals surface area contributed by atoms with Gasteiger partial charge in [0.25, 0.3) is 5.91 Å². The molecule has 0 bridgehead atoms. The number of nitrogens with one attached hydrogen (secondary N) is 1. The van der Waals surface area contributed by atoms with Crippen LogP contribution in [0.1, 0.15) is 38.8 Å². The molecule has 0 saturated heterocycles. The molecule has 0 radical (unpaired) electrons. The zero-order chi connectivity index (χ0) is 24.8. The number of aliphatic hydroxyl groups excluding tert-OH is 1. The minimum absolute atomic E-state index is 0.0283. The molecule has 1 aromatic heterocycles. The number of alkyl halides is 3. The number of sulfonamides is 1. The van der Waals surface area contributed by atoms with Crippen LogP contribution < -0.4 is 4.72 Å². The second kappa shape index (κ2) is 10.8. The minimum Gasteiger partial charge on any atom is -0.387 e. The summed E-state index contributed by atoms with van der Waals surface area (Å²) in [6.07, 6.45) is -4.99. The largest absolute Gasteiger partial charge is 0.416 e. The summed E-state index contributed by atoms with van der Waals surface area (Å²) in [6.45, 7) is 0.568. The predicted molar refractivity (Wildman–Crippen MR) is 117 cm³/mol. The molecule has 1 heterocycles. The van der Waals surface area contributed by atoms with Crippen molar-refractivity contribution in [1.82, 2.24) is 9.71 Å². The van der Waals surface area contributed by atoms with E-state index in [0.717, 1.165) is 29.8 Å². The van der Waals surface area contributed by atoms with Crippen molar-refractivity contribution < 1.29 is 36.2 Å². The van der Waals surface area contributed by atoms with Crippen molar-refractivity contribution in [2.24, 2.45) is 0 Å². The molecule has 0 fully saturated rings. The molecule has 0 spiro atoms. The standard InChI is InChI=1S/C23H21F3N2O5S/c24-23(25,26)19-9-6-17(7-10-19)21(29)15-34(31,32)28-22(30)18-8-11-20(27-12-18)14-33-13-16-4-2-1-3-5-16/h1-12,21,29H,13-15H2,(H,28,30). The number of aliphatic hydroxyl groups is 1. The first-order chi connectivity index (χ1) is 16.0. The van der Waals surface area contributed by atoms with Crippen LogP contribution in [0.4, 0.5) is 13.2 Å². The Hall–Kier alpha value is -3.28. The number of aromatic nitrogens is 1. The van der Waals surface area contributed by atoms with E-state index in [4.69, 9.17) is 4.74 Å². The van der Waals surface area contributed by atoms with Gasteiger partial charge in [0.05, 0.1) is 41.9 Å². The lowest BCUT2D eigenvalue weighted by molar-refractivity contribution is -0.137. The highest BCUT2D eigenvalue weighted by Gasteiger charge is 2.30. The number of ether oxygens (including phenoxy) is 1. The molecule has 11 heteroatoms. The van der Waals surface area contributed by atoms with Crippen LogP contribution in [0.25, 0.3) is 0 Å². The van der Waals surface area contributed by atoms with Crippen molar-refractivity contribution >= 4 is 15.9 Å². The summed E-state index contributed by atoms with van der Waals surface area (Å²) in [7, 11) is -4.29. The average molecular weight is 494 g/mol. The van der Waals surface area contributed by atoms with Crippen LogP contribution in [0, 0.1) is 0 Å². The molecule has 2 N–H and O–H groups in total. The van der Waals surface area contributed by atoms with Gasteiger partial charge in [-0.3, -0.25) is 9.78 Å². The number of pyridine rings is 1. The highest BCUT2D eigenvalue weighted by molar-refractivity contribution is 7.90. The van der Waals surface area contributed by atoms with E-state index in [1.54, 1.807) is 0 Å². The van der Waals surface area contributed by atoms with Crippen LogP contribution in [0.3, 0.4) is 0 Å². The van der Waals surface area contributed by atoms with E-state index in [0.29, 0.717) is 12.3 Å². The third-order valence-corrected chi connectivity index (χ3v) is 5.95. The number of hydrogen-bond acceptors (Lipinski definition) is 6. The van der Waals surface area contributed by atoms with Crippen molar-refractivity contribution in [2.45, 2.75) is 25.5 Å². The second-order valence-corrected chi connectivity index (χ2v) is 9.13. The van der Waals surface area contributed by atoms with Gasteiger partial charge in [-0.2, -0.15) is 13.2 Å². The SMILES string of the molecule is O=C(NS(=O)(=O)CC(O)c1ccc(C(F)(F)F)cc1)c1ccc(COCc2ccccc2)nc1. The second-order valence-electron chi connectivity index (χ2n) is 7.36. The first-order valence-corrected chi connectivity index (χ1v) is 11.7. The molecule has 180 valence electrons. The molecule has 34 heavy (non-hydrogen) atoms. The van der Waals surface area contributed by atoms with Gasteiger partial charge in [0.2, 0.25) is 10.0 Å². The Morgan fingerprint density at radius 2 is 1.68 bits per heavy atom. The predicted octanol–water partition coefficient (Wildman–Crippen LogP) is 3.61. The molecular formula is C23H21F3N2O5S. The van der Waals surface area contributed by atoms with Crippen LogP contribution in [0.5, 0.6) is 0 Å². The van der Waals surface area contributed by atoms with Crippen molar-refractivity contribution in [3.05, 3.63) is 101 Å². The van der Waals surface area contributed by atoms with Crippen LogP contribution in [-0.2, 0) is 34.2 Å². The molecule has 7 nitrogen and oxygen atoms in total. The first-order valence-electron chi connectivity index (χ1n) is 10.00. The zero-order valence-corrected chi connectivity index (χ0v) is 18.5. The monoisotopic (exact) mass is 494 g/mol. The third-order valence-electron chi connectivity index (χ3n) is 4.70. The lowest BCUT2D eigenvalue weighted by Crippen LogP contribution is -2.34. The van der Waals surface area contributed by atoms with Crippen LogP contribution in [0.2, 0.25) is 0 Å². The summed E-state index contributed by atoms with van der Waals surface area (Å²) < 4.78 is 69.8. The van der Waals surface area contributed by atoms with Gasteiger partial charge in [0.15, 0.2) is 0 Å². The molecule has 1 unspecified atom stereocenters. The molecule has 0 aliphatic carbocycles. The van der Waals surface area contributed by atoms with Crippen LogP contribution >= 0.6 is 0 Å². The number of halogens is 3. The maximum atomic E-state index is 12.6. The molecule has 1 atom stereocenters. The lowest BCUT2D eigenvalue weighted by atomic mass is 10.1. The van der Waals surface area contributed by atoms with Crippen LogP contribution in [-0.4, -0.2) is 30.2 Å². The lowest BCUT2D eigenvalue weighted by Gasteiger charge is -2.14. The van der Waals surface area contributed by atoms with Gasteiger partial charge in [0, 0.05) is 6.20 Å². The number of rotatable bonds is 9. The van der Waals surface area contributed by atoms with Crippen molar-refractivity contribution in [3.63, 3.8) is 0 Å². The molecule has 0 aliphatic heterocycles. The molecule has 1 amide bonds. The summed E-state index contributed by atoms with van der Waals surface area (Å²) in [6, 6.07) is 15.8. The highest BCUT2D eigenvalue weighted by atomic mass is 32.2. The van der Waals surface area contributed by atoms with E-state index >= 15 is 0 Å². The van der Waals surface area contributed by atoms with E-state index in [1.165, 1.54) is 18.3 Å². The smallest absolute Gasteiger partial charge is 0.387 e. The normalized spacial score (nSPS) is 12.8.